The van der Waals surface area contributed by atoms with Gasteiger partial charge in [-0.3, -0.25) is 13.9 Å². The highest BCUT2D eigenvalue weighted by Gasteiger charge is 2.35. The lowest BCUT2D eigenvalue weighted by molar-refractivity contribution is -0.140. The average molecular weight is 666 g/mol. The van der Waals surface area contributed by atoms with Crippen LogP contribution in [0.25, 0.3) is 0 Å². The van der Waals surface area contributed by atoms with Crippen LogP contribution in [0.3, 0.4) is 0 Å². The van der Waals surface area contributed by atoms with E-state index in [0.717, 1.165) is 34.1 Å². The predicted molar refractivity (Wildman–Crippen MR) is 178 cm³/mol. The highest BCUT2D eigenvalue weighted by molar-refractivity contribution is 7.92. The number of hydrogen-bond donors (Lipinski definition) is 1. The van der Waals surface area contributed by atoms with Crippen molar-refractivity contribution in [3.63, 3.8) is 0 Å². The Morgan fingerprint density at radius 1 is 0.891 bits per heavy atom. The number of sulfonamides is 1. The van der Waals surface area contributed by atoms with Crippen LogP contribution in [0.5, 0.6) is 5.75 Å². The van der Waals surface area contributed by atoms with Crippen LogP contribution >= 0.6 is 11.6 Å². The van der Waals surface area contributed by atoms with Gasteiger partial charge in [0.1, 0.15) is 24.2 Å². The second kappa shape index (κ2) is 15.7. The van der Waals surface area contributed by atoms with E-state index in [1.165, 1.54) is 17.0 Å². The van der Waals surface area contributed by atoms with Gasteiger partial charge in [-0.1, -0.05) is 54.1 Å². The Hall–Kier alpha value is -4.41. The molecule has 0 aromatic heterocycles. The smallest absolute Gasteiger partial charge is 0.264 e. The van der Waals surface area contributed by atoms with Gasteiger partial charge in [-0.15, -0.1) is 0 Å². The first-order chi connectivity index (χ1) is 22.0. The zero-order valence-corrected chi connectivity index (χ0v) is 27.5. The number of hydrogen-bond acceptors (Lipinski definition) is 5. The average Bonchev–Trinajstić information content (AvgIpc) is 3.02. The minimum Gasteiger partial charge on any atom is -0.494 e. The number of ether oxygens (including phenoxy) is 1. The van der Waals surface area contributed by atoms with E-state index in [9.17, 15) is 22.4 Å². The van der Waals surface area contributed by atoms with Crippen LogP contribution in [-0.2, 0) is 32.6 Å². The third-order valence-corrected chi connectivity index (χ3v) is 9.08. The van der Waals surface area contributed by atoms with E-state index in [0.29, 0.717) is 22.9 Å². The standard InChI is InChI=1S/C35H37ClFN3O5S/c1-4-45-31-17-15-30(16-18-31)40(46(43,44)32-19-13-29(37)14-20-32)24-34(41)39(23-27-11-8-12-28(36)21-27)33(35(42)38-25(2)3)22-26-9-6-5-7-10-26/h5-21,25,33H,4,22-24H2,1-3H3,(H,38,42)/t33-/m0/s1. The van der Waals surface area contributed by atoms with Gasteiger partial charge in [0.05, 0.1) is 17.2 Å². The molecule has 0 aliphatic carbocycles. The molecule has 0 aliphatic rings. The fourth-order valence-electron chi connectivity index (χ4n) is 4.90. The summed E-state index contributed by atoms with van der Waals surface area (Å²) in [5, 5.41) is 3.37. The Bertz CT molecular complexity index is 1720. The summed E-state index contributed by atoms with van der Waals surface area (Å²) in [6, 6.07) is 25.7. The van der Waals surface area contributed by atoms with E-state index < -0.39 is 34.3 Å². The zero-order chi connectivity index (χ0) is 33.3. The first-order valence-corrected chi connectivity index (χ1v) is 16.7. The van der Waals surface area contributed by atoms with E-state index in [1.54, 1.807) is 36.4 Å². The normalized spacial score (nSPS) is 12.0. The number of anilines is 1. The summed E-state index contributed by atoms with van der Waals surface area (Å²) in [5.41, 5.74) is 1.66. The molecule has 0 saturated carbocycles. The van der Waals surface area contributed by atoms with Crippen molar-refractivity contribution in [2.45, 2.75) is 50.7 Å². The minimum atomic E-state index is -4.37. The molecular weight excluding hydrogens is 629 g/mol. The molecule has 0 fully saturated rings. The summed E-state index contributed by atoms with van der Waals surface area (Å²) in [6.07, 6.45) is 0.180. The van der Waals surface area contributed by atoms with E-state index in [2.05, 4.69) is 5.32 Å². The molecule has 1 N–H and O–H groups in total. The Kier molecular flexibility index (Phi) is 11.8. The SMILES string of the molecule is CCOc1ccc(N(CC(=O)N(Cc2cccc(Cl)c2)[C@@H](Cc2ccccc2)C(=O)NC(C)C)S(=O)(=O)c2ccc(F)cc2)cc1. The molecule has 0 bridgehead atoms. The molecule has 242 valence electrons. The fraction of sp³-hybridized carbons (Fsp3) is 0.257. The van der Waals surface area contributed by atoms with Gasteiger partial charge in [0, 0.05) is 24.0 Å². The second-order valence-electron chi connectivity index (χ2n) is 10.9. The van der Waals surface area contributed by atoms with Crippen LogP contribution in [0.2, 0.25) is 5.02 Å². The van der Waals surface area contributed by atoms with Gasteiger partial charge in [-0.05, 0) is 92.6 Å². The van der Waals surface area contributed by atoms with E-state index in [-0.39, 0.29) is 35.5 Å². The lowest BCUT2D eigenvalue weighted by Crippen LogP contribution is -2.54. The molecule has 11 heteroatoms. The van der Waals surface area contributed by atoms with Gasteiger partial charge >= 0.3 is 0 Å². The van der Waals surface area contributed by atoms with Crippen molar-refractivity contribution in [2.75, 3.05) is 17.5 Å². The molecule has 0 radical (unpaired) electrons. The maximum Gasteiger partial charge on any atom is 0.264 e. The van der Waals surface area contributed by atoms with E-state index in [1.807, 2.05) is 51.1 Å². The summed E-state index contributed by atoms with van der Waals surface area (Å²) in [4.78, 5) is 29.4. The Balaban J connectivity index is 1.80. The lowest BCUT2D eigenvalue weighted by atomic mass is 10.0. The Morgan fingerprint density at radius 3 is 2.15 bits per heavy atom. The molecule has 8 nitrogen and oxygen atoms in total. The number of benzene rings is 4. The topological polar surface area (TPSA) is 96.0 Å². The molecule has 0 aliphatic heterocycles. The van der Waals surface area contributed by atoms with E-state index >= 15 is 0 Å². The summed E-state index contributed by atoms with van der Waals surface area (Å²) in [6.45, 7) is 5.22. The fourth-order valence-corrected chi connectivity index (χ4v) is 6.53. The number of halogens is 2. The van der Waals surface area contributed by atoms with Crippen LogP contribution in [0.1, 0.15) is 31.9 Å². The number of carbonyl (C=O) groups excluding carboxylic acids is 2. The molecular formula is C35H37ClFN3O5S. The van der Waals surface area contributed by atoms with Crippen LogP contribution in [0.15, 0.2) is 108 Å². The van der Waals surface area contributed by atoms with Crippen LogP contribution in [0.4, 0.5) is 10.1 Å². The first kappa shape index (κ1) is 34.5. The number of rotatable bonds is 14. The van der Waals surface area contributed by atoms with Gasteiger partial charge in [0.25, 0.3) is 10.0 Å². The summed E-state index contributed by atoms with van der Waals surface area (Å²) >= 11 is 6.28. The van der Waals surface area contributed by atoms with Crippen LogP contribution < -0.4 is 14.4 Å². The first-order valence-electron chi connectivity index (χ1n) is 14.9. The summed E-state index contributed by atoms with van der Waals surface area (Å²) < 4.78 is 48.4. The van der Waals surface area contributed by atoms with Crippen LogP contribution in [-0.4, -0.2) is 50.4 Å². The summed E-state index contributed by atoms with van der Waals surface area (Å²) in [5.74, 6) is -1.09. The van der Waals surface area contributed by atoms with Gasteiger partial charge < -0.3 is 15.0 Å². The van der Waals surface area contributed by atoms with Crippen molar-refractivity contribution in [3.05, 3.63) is 125 Å². The minimum absolute atomic E-state index is 0.0177. The molecule has 0 heterocycles. The quantitative estimate of drug-likeness (QED) is 0.172. The molecule has 1 atom stereocenters. The zero-order valence-electron chi connectivity index (χ0n) is 25.9. The van der Waals surface area contributed by atoms with Crippen molar-refractivity contribution in [2.24, 2.45) is 0 Å². The number of amides is 2. The molecule has 4 aromatic carbocycles. The molecule has 0 saturated heterocycles. The third kappa shape index (κ3) is 9.08. The van der Waals surface area contributed by atoms with Crippen LogP contribution in [0, 0.1) is 5.82 Å². The third-order valence-electron chi connectivity index (χ3n) is 7.06. The van der Waals surface area contributed by atoms with Gasteiger partial charge in [0.2, 0.25) is 11.8 Å². The van der Waals surface area contributed by atoms with Gasteiger partial charge in [0.15, 0.2) is 0 Å². The molecule has 0 spiro atoms. The molecule has 4 rings (SSSR count). The maximum atomic E-state index is 14.5. The van der Waals surface area contributed by atoms with Crippen molar-refractivity contribution in [1.82, 2.24) is 10.2 Å². The Morgan fingerprint density at radius 2 is 1.54 bits per heavy atom. The highest BCUT2D eigenvalue weighted by Crippen LogP contribution is 2.27. The van der Waals surface area contributed by atoms with Crippen molar-refractivity contribution in [1.29, 1.82) is 0 Å². The molecule has 2 amide bonds. The number of carbonyl (C=O) groups is 2. The second-order valence-corrected chi connectivity index (χ2v) is 13.2. The highest BCUT2D eigenvalue weighted by atomic mass is 35.5. The van der Waals surface area contributed by atoms with Gasteiger partial charge in [-0.25, -0.2) is 12.8 Å². The number of nitrogens with one attached hydrogen (secondary N) is 1. The summed E-state index contributed by atoms with van der Waals surface area (Å²) in [7, 11) is -4.37. The number of nitrogens with zero attached hydrogens (tertiary/aromatic N) is 2. The molecule has 0 unspecified atom stereocenters. The molecule has 46 heavy (non-hydrogen) atoms. The van der Waals surface area contributed by atoms with Crippen molar-refractivity contribution in [3.8, 4) is 5.75 Å². The van der Waals surface area contributed by atoms with Crippen molar-refractivity contribution < 1.29 is 27.1 Å². The largest absolute Gasteiger partial charge is 0.494 e. The maximum absolute atomic E-state index is 14.5. The monoisotopic (exact) mass is 665 g/mol. The molecule has 4 aromatic rings. The predicted octanol–water partition coefficient (Wildman–Crippen LogP) is 6.24. The lowest BCUT2D eigenvalue weighted by Gasteiger charge is -2.34. The van der Waals surface area contributed by atoms with Gasteiger partial charge in [-0.2, -0.15) is 0 Å². The Labute approximate surface area is 274 Å². The van der Waals surface area contributed by atoms with E-state index in [4.69, 9.17) is 16.3 Å². The van der Waals surface area contributed by atoms with Crippen molar-refractivity contribution >= 4 is 39.1 Å².